The van der Waals surface area contributed by atoms with E-state index in [9.17, 15) is 0 Å². The zero-order chi connectivity index (χ0) is 73.0. The maximum atomic E-state index is 5.64. The van der Waals surface area contributed by atoms with Crippen LogP contribution in [0.25, 0.3) is 146 Å². The molecule has 3 aliphatic rings. The van der Waals surface area contributed by atoms with Crippen molar-refractivity contribution in [2.45, 2.75) is 26.7 Å². The van der Waals surface area contributed by atoms with E-state index in [0.717, 1.165) is 136 Å². The average molecular weight is 1440 g/mol. The van der Waals surface area contributed by atoms with Crippen LogP contribution in [0.4, 0.5) is 0 Å². The predicted octanol–water partition coefficient (Wildman–Crippen LogP) is 17.6. The Balaban J connectivity index is 0.630. The van der Waals surface area contributed by atoms with E-state index in [4.69, 9.17) is 39.9 Å². The monoisotopic (exact) mass is 1440 g/mol. The molecule has 10 aromatic carbocycles. The van der Waals surface area contributed by atoms with Gasteiger partial charge < -0.3 is 0 Å². The molecule has 516 valence electrons. The highest BCUT2D eigenvalue weighted by Crippen LogP contribution is 2.41. The van der Waals surface area contributed by atoms with Gasteiger partial charge in [0.15, 0.2) is 16.1 Å². The van der Waals surface area contributed by atoms with Crippen molar-refractivity contribution in [3.05, 3.63) is 375 Å². The summed E-state index contributed by atoms with van der Waals surface area (Å²) >= 11 is 0. The highest BCUT2D eigenvalue weighted by atomic mass is 28.3. The maximum absolute atomic E-state index is 5.64. The van der Waals surface area contributed by atoms with Gasteiger partial charge in [-0.3, -0.25) is 19.9 Å². The summed E-state index contributed by atoms with van der Waals surface area (Å²) in [5.74, 6) is 0. The van der Waals surface area contributed by atoms with Gasteiger partial charge in [0, 0.05) is 80.1 Å². The van der Waals surface area contributed by atoms with Crippen molar-refractivity contribution in [1.82, 2.24) is 39.9 Å². The molecule has 0 bridgehead atoms. The van der Waals surface area contributed by atoms with E-state index in [1.807, 2.05) is 49.1 Å². The standard InChI is InChI=1S/C100H68N8Si2/c1-63-30-46-93-81(54-63)83-61-75(40-48-95(83)109(93,77-22-12-18-71(57-77)85-26-3-7-50-101-85)78-23-13-19-72(58-78)86-27-4-8-51-102-86)91-44-38-67-34-32-65-36-42-89(105-97(65)99(67)107-91)69-16-11-17-70(56-69)90-43-37-66-33-35-68-39-45-92(108-100(68)98(66)106-90)76-41-49-96-84(62-76)82-55-64(2)31-47-94(82)110(96,79-24-14-20-73(59-79)87-28-5-9-52-103-87)80-25-15-21-74(60-80)88-29-6-10-53-104-88/h3-32,34,36-62H,33,35H2,1-2H3. The van der Waals surface area contributed by atoms with Gasteiger partial charge in [0.1, 0.15) is 0 Å². The van der Waals surface area contributed by atoms with Crippen molar-refractivity contribution < 1.29 is 0 Å². The van der Waals surface area contributed by atoms with Crippen molar-refractivity contribution in [3.63, 3.8) is 0 Å². The fourth-order valence-corrected chi connectivity index (χ4v) is 28.3. The first-order valence-electron chi connectivity index (χ1n) is 37.7. The molecule has 21 rings (SSSR count). The normalized spacial score (nSPS) is 13.3. The number of hydrogen-bond acceptors (Lipinski definition) is 8. The molecule has 0 N–H and O–H groups in total. The van der Waals surface area contributed by atoms with Gasteiger partial charge in [-0.2, -0.15) is 0 Å². The second-order valence-corrected chi connectivity index (χ2v) is 36.9. The van der Waals surface area contributed by atoms with Gasteiger partial charge in [-0.1, -0.05) is 248 Å². The number of pyridine rings is 8. The lowest BCUT2D eigenvalue weighted by Gasteiger charge is -2.32. The van der Waals surface area contributed by atoms with E-state index in [1.165, 1.54) is 86.0 Å². The smallest absolute Gasteiger partial charge is 0.180 e. The zero-order valence-electron chi connectivity index (χ0n) is 60.5. The molecule has 110 heavy (non-hydrogen) atoms. The fraction of sp³-hybridized carbons (Fsp3) is 0.0400. The fourth-order valence-electron chi connectivity index (χ4n) is 17.9. The topological polar surface area (TPSA) is 103 Å². The van der Waals surface area contributed by atoms with Crippen LogP contribution >= 0.6 is 0 Å². The third-order valence-electron chi connectivity index (χ3n) is 23.0. The molecule has 0 fully saturated rings. The molecule has 18 aromatic rings. The predicted molar refractivity (Wildman–Crippen MR) is 455 cm³/mol. The Hall–Kier alpha value is -13.6. The van der Waals surface area contributed by atoms with Crippen LogP contribution in [-0.4, -0.2) is 56.0 Å². The largest absolute Gasteiger partial charge is 0.256 e. The lowest BCUT2D eigenvalue weighted by molar-refractivity contribution is 0.914. The molecule has 10 heterocycles. The van der Waals surface area contributed by atoms with Crippen LogP contribution < -0.4 is 41.5 Å². The van der Waals surface area contributed by atoms with Gasteiger partial charge in [0.25, 0.3) is 0 Å². The Labute approximate surface area is 640 Å². The minimum absolute atomic E-state index is 0.855. The van der Waals surface area contributed by atoms with Gasteiger partial charge in [-0.25, -0.2) is 19.9 Å². The van der Waals surface area contributed by atoms with Gasteiger partial charge in [0.05, 0.1) is 68.0 Å². The molecule has 0 saturated heterocycles. The minimum atomic E-state index is -3.02. The highest BCUT2D eigenvalue weighted by Gasteiger charge is 2.51. The lowest BCUT2D eigenvalue weighted by atomic mass is 9.91. The quantitative estimate of drug-likeness (QED) is 0.0880. The molecule has 0 unspecified atom stereocenters. The third-order valence-corrected chi connectivity index (χ3v) is 32.7. The molecule has 0 atom stereocenters. The Morgan fingerprint density at radius 3 is 0.882 bits per heavy atom. The Kier molecular flexibility index (Phi) is 15.4. The third kappa shape index (κ3) is 10.6. The van der Waals surface area contributed by atoms with Gasteiger partial charge in [-0.15, -0.1) is 0 Å². The molecule has 8 aromatic heterocycles. The molecule has 0 spiro atoms. The first-order valence-corrected chi connectivity index (χ1v) is 41.7. The molecule has 0 amide bonds. The van der Waals surface area contributed by atoms with Crippen LogP contribution in [0.2, 0.25) is 0 Å². The number of aromatic nitrogens is 8. The first-order chi connectivity index (χ1) is 54.3. The number of aryl methyl sites for hydroxylation is 4. The Morgan fingerprint density at radius 1 is 0.227 bits per heavy atom. The summed E-state index contributed by atoms with van der Waals surface area (Å²) in [6, 6.07) is 120. The van der Waals surface area contributed by atoms with E-state index >= 15 is 0 Å². The number of rotatable bonds is 12. The minimum Gasteiger partial charge on any atom is -0.256 e. The molecular weight excluding hydrogens is 1370 g/mol. The molecule has 8 nitrogen and oxygen atoms in total. The summed E-state index contributed by atoms with van der Waals surface area (Å²) in [5, 5.41) is 12.7. The van der Waals surface area contributed by atoms with E-state index < -0.39 is 16.1 Å². The summed E-state index contributed by atoms with van der Waals surface area (Å²) in [6.45, 7) is 4.41. The lowest BCUT2D eigenvalue weighted by Crippen LogP contribution is -2.72. The van der Waals surface area contributed by atoms with E-state index in [1.54, 1.807) is 0 Å². The number of hydrogen-bond donors (Lipinski definition) is 0. The van der Waals surface area contributed by atoms with Gasteiger partial charge >= 0.3 is 0 Å². The van der Waals surface area contributed by atoms with Crippen LogP contribution in [0.3, 0.4) is 0 Å². The Morgan fingerprint density at radius 2 is 0.527 bits per heavy atom. The van der Waals surface area contributed by atoms with Crippen LogP contribution in [0, 0.1) is 13.8 Å². The van der Waals surface area contributed by atoms with Gasteiger partial charge in [0.2, 0.25) is 0 Å². The summed E-state index contributed by atoms with van der Waals surface area (Å²) in [5.41, 5.74) is 29.3. The molecule has 0 radical (unpaired) electrons. The van der Waals surface area contributed by atoms with E-state index in [2.05, 4.69) is 317 Å². The molecule has 2 aliphatic heterocycles. The summed E-state index contributed by atoms with van der Waals surface area (Å²) in [4.78, 5) is 41.7. The zero-order valence-corrected chi connectivity index (χ0v) is 62.5. The SMILES string of the molecule is Cc1ccc2c(c1)-c1cc(-c3ccc4c(n3)-c3nc(-c5cccc(-c6ccc7ccc8ccc(-c9ccc%10c(c9)-c9cc(C)ccc9[Si]%10(c9cccc(-c%10ccccn%10)c9)c9cccc(-c%10ccccn%10)c9)nc8c7n6)c5)ccc3CC4)ccc1[Si]2(c1cccc(-c2ccccn2)c1)c1cccc(-c2ccccn2)c1. The second-order valence-electron chi connectivity index (χ2n) is 29.4. The first kappa shape index (κ1) is 64.7. The van der Waals surface area contributed by atoms with Crippen molar-refractivity contribution in [2.24, 2.45) is 0 Å². The van der Waals surface area contributed by atoms with Crippen molar-refractivity contribution in [2.75, 3.05) is 0 Å². The van der Waals surface area contributed by atoms with Crippen molar-refractivity contribution in [3.8, 4) is 124 Å². The number of fused-ring (bicyclic) bond motifs is 12. The summed E-state index contributed by atoms with van der Waals surface area (Å²) < 4.78 is 0. The summed E-state index contributed by atoms with van der Waals surface area (Å²) in [7, 11) is -6.04. The highest BCUT2D eigenvalue weighted by molar-refractivity contribution is 7.23. The maximum Gasteiger partial charge on any atom is 0.180 e. The van der Waals surface area contributed by atoms with Crippen LogP contribution in [0.5, 0.6) is 0 Å². The van der Waals surface area contributed by atoms with Crippen LogP contribution in [0.15, 0.2) is 352 Å². The second kappa shape index (κ2) is 26.1. The van der Waals surface area contributed by atoms with Gasteiger partial charge in [-0.05, 0) is 193 Å². The molecular formula is C100H68N8Si2. The Bertz CT molecular complexity index is 6600. The molecule has 1 aliphatic carbocycles. The molecule has 0 saturated carbocycles. The van der Waals surface area contributed by atoms with Crippen molar-refractivity contribution >= 4 is 79.4 Å². The van der Waals surface area contributed by atoms with Crippen molar-refractivity contribution in [1.29, 1.82) is 0 Å². The number of benzene rings is 10. The van der Waals surface area contributed by atoms with Crippen LogP contribution in [-0.2, 0) is 12.8 Å². The average Bonchev–Trinajstić information content (AvgIpc) is 1.53. The summed E-state index contributed by atoms with van der Waals surface area (Å²) in [6.07, 6.45) is 9.30. The van der Waals surface area contributed by atoms with Crippen LogP contribution in [0.1, 0.15) is 22.3 Å². The number of nitrogens with zero attached hydrogens (tertiary/aromatic N) is 8. The van der Waals surface area contributed by atoms with E-state index in [-0.39, 0.29) is 0 Å². The van der Waals surface area contributed by atoms with E-state index in [0.29, 0.717) is 0 Å². The molecule has 10 heteroatoms.